The summed E-state index contributed by atoms with van der Waals surface area (Å²) in [5, 5.41) is 23.1. The molecule has 4 aromatic carbocycles. The van der Waals surface area contributed by atoms with Crippen LogP contribution in [0.1, 0.15) is 27.2 Å². The number of hydrogen-bond acceptors (Lipinski definition) is 5. The van der Waals surface area contributed by atoms with Crippen molar-refractivity contribution >= 4 is 34.5 Å². The van der Waals surface area contributed by atoms with E-state index in [-0.39, 0.29) is 24.7 Å². The van der Waals surface area contributed by atoms with E-state index >= 15 is 0 Å². The minimum atomic E-state index is -1.19. The molecule has 41 heavy (non-hydrogen) atoms. The summed E-state index contributed by atoms with van der Waals surface area (Å²) in [6, 6.07) is 29.7. The van der Waals surface area contributed by atoms with Crippen LogP contribution in [0.25, 0.3) is 28.1 Å². The zero-order valence-corrected chi connectivity index (χ0v) is 21.7. The van der Waals surface area contributed by atoms with Crippen molar-refractivity contribution in [1.82, 2.24) is 4.57 Å². The molecule has 0 spiro atoms. The van der Waals surface area contributed by atoms with Crippen molar-refractivity contribution in [3.63, 3.8) is 0 Å². The van der Waals surface area contributed by atoms with Crippen molar-refractivity contribution in [2.24, 2.45) is 0 Å². The molecule has 8 nitrogen and oxygen atoms in total. The Hall–Kier alpha value is -5.81. The lowest BCUT2D eigenvalue weighted by Gasteiger charge is -2.11. The van der Waals surface area contributed by atoms with Crippen LogP contribution in [0.4, 0.5) is 5.69 Å². The molecule has 2 heterocycles. The Kier molecular flexibility index (Phi) is 6.68. The summed E-state index contributed by atoms with van der Waals surface area (Å²) in [5.41, 5.74) is 4.50. The van der Waals surface area contributed by atoms with Gasteiger partial charge < -0.3 is 24.5 Å². The number of nitrogens with zero attached hydrogens (tertiary/aromatic N) is 2. The monoisotopic (exact) mass is 541 g/mol. The van der Waals surface area contributed by atoms with E-state index in [0.717, 1.165) is 22.3 Å². The molecule has 0 radical (unpaired) electrons. The van der Waals surface area contributed by atoms with Gasteiger partial charge in [0, 0.05) is 18.0 Å². The second kappa shape index (κ2) is 10.8. The van der Waals surface area contributed by atoms with Crippen LogP contribution in [-0.4, -0.2) is 28.3 Å². The van der Waals surface area contributed by atoms with Crippen LogP contribution in [0.5, 0.6) is 11.5 Å². The van der Waals surface area contributed by atoms with Gasteiger partial charge in [0.2, 0.25) is 12.7 Å². The van der Waals surface area contributed by atoms with E-state index in [0.29, 0.717) is 28.0 Å². The quantitative estimate of drug-likeness (QED) is 0.234. The molecule has 2 N–H and O–H groups in total. The summed E-state index contributed by atoms with van der Waals surface area (Å²) in [6.07, 6.45) is 3.04. The standard InChI is InChI=1S/C33H23N3O5/c34-18-22-7-4-8-23(15-22)19-36-27-16-24(25-11-13-28-29(17-25)41-20-40-28)10-12-26(27)31(32(36)33(38)39)35-30(37)14-9-21-5-2-1-3-6-21/h1-17H,19-20H2,(H,35,37)(H,38,39)/b14-9+. The molecule has 0 saturated carbocycles. The van der Waals surface area contributed by atoms with Gasteiger partial charge in [-0.3, -0.25) is 4.79 Å². The minimum absolute atomic E-state index is 0.0633. The minimum Gasteiger partial charge on any atom is -0.477 e. The maximum absolute atomic E-state index is 13.0. The van der Waals surface area contributed by atoms with Crippen molar-refractivity contribution in [2.45, 2.75) is 6.54 Å². The molecule has 0 bridgehead atoms. The number of rotatable bonds is 7. The molecule has 1 aliphatic heterocycles. The smallest absolute Gasteiger partial charge is 0.354 e. The lowest BCUT2D eigenvalue weighted by molar-refractivity contribution is -0.111. The Morgan fingerprint density at radius 2 is 1.71 bits per heavy atom. The number of amides is 1. The predicted molar refractivity (Wildman–Crippen MR) is 155 cm³/mol. The molecule has 1 amide bonds. The lowest BCUT2D eigenvalue weighted by Crippen LogP contribution is -2.15. The van der Waals surface area contributed by atoms with Gasteiger partial charge in [0.1, 0.15) is 0 Å². The summed E-state index contributed by atoms with van der Waals surface area (Å²) < 4.78 is 12.6. The first-order valence-corrected chi connectivity index (χ1v) is 12.8. The number of hydrogen-bond donors (Lipinski definition) is 2. The highest BCUT2D eigenvalue weighted by Gasteiger charge is 2.25. The van der Waals surface area contributed by atoms with Gasteiger partial charge in [-0.25, -0.2) is 4.79 Å². The number of carbonyl (C=O) groups excluding carboxylic acids is 1. The molecule has 6 rings (SSSR count). The van der Waals surface area contributed by atoms with Gasteiger partial charge in [0.15, 0.2) is 17.2 Å². The highest BCUT2D eigenvalue weighted by molar-refractivity contribution is 6.14. The fourth-order valence-electron chi connectivity index (χ4n) is 4.94. The van der Waals surface area contributed by atoms with Gasteiger partial charge in [-0.2, -0.15) is 5.26 Å². The number of aromatic carboxylic acids is 1. The van der Waals surface area contributed by atoms with Gasteiger partial charge in [-0.05, 0) is 58.7 Å². The topological polar surface area (TPSA) is 114 Å². The number of benzene rings is 4. The third-order valence-corrected chi connectivity index (χ3v) is 6.84. The Morgan fingerprint density at radius 3 is 2.51 bits per heavy atom. The van der Waals surface area contributed by atoms with E-state index in [1.54, 1.807) is 34.9 Å². The average Bonchev–Trinajstić information content (AvgIpc) is 3.58. The molecule has 0 saturated heterocycles. The number of fused-ring (bicyclic) bond motifs is 2. The molecular weight excluding hydrogens is 518 g/mol. The zero-order valence-electron chi connectivity index (χ0n) is 21.7. The second-order valence-electron chi connectivity index (χ2n) is 9.46. The van der Waals surface area contributed by atoms with E-state index in [1.807, 2.05) is 66.7 Å². The first kappa shape index (κ1) is 25.5. The van der Waals surface area contributed by atoms with Crippen molar-refractivity contribution in [1.29, 1.82) is 5.26 Å². The summed E-state index contributed by atoms with van der Waals surface area (Å²) in [5.74, 6) is -0.348. The van der Waals surface area contributed by atoms with Gasteiger partial charge >= 0.3 is 5.97 Å². The number of carboxylic acids is 1. The van der Waals surface area contributed by atoms with Crippen LogP contribution in [0, 0.1) is 11.3 Å². The van der Waals surface area contributed by atoms with E-state index in [1.165, 1.54) is 6.08 Å². The van der Waals surface area contributed by atoms with Crippen LogP contribution in [0.15, 0.2) is 97.1 Å². The number of anilines is 1. The van der Waals surface area contributed by atoms with E-state index in [9.17, 15) is 20.0 Å². The molecule has 1 aromatic heterocycles. The van der Waals surface area contributed by atoms with Crippen LogP contribution in [-0.2, 0) is 11.3 Å². The number of carboxylic acid groups (broad SMARTS) is 1. The summed E-state index contributed by atoms with van der Waals surface area (Å²) in [6.45, 7) is 0.333. The van der Waals surface area contributed by atoms with Crippen LogP contribution in [0.3, 0.4) is 0 Å². The van der Waals surface area contributed by atoms with Crippen LogP contribution >= 0.6 is 0 Å². The summed E-state index contributed by atoms with van der Waals surface area (Å²) in [4.78, 5) is 25.7. The summed E-state index contributed by atoms with van der Waals surface area (Å²) in [7, 11) is 0. The fourth-order valence-corrected chi connectivity index (χ4v) is 4.94. The largest absolute Gasteiger partial charge is 0.477 e. The van der Waals surface area contributed by atoms with Crippen molar-refractivity contribution in [3.8, 4) is 28.7 Å². The van der Waals surface area contributed by atoms with Crippen LogP contribution < -0.4 is 14.8 Å². The van der Waals surface area contributed by atoms with E-state index < -0.39 is 11.9 Å². The Balaban J connectivity index is 1.47. The first-order chi connectivity index (χ1) is 20.0. The normalized spacial score (nSPS) is 12.0. The van der Waals surface area contributed by atoms with Gasteiger partial charge in [0.25, 0.3) is 0 Å². The highest BCUT2D eigenvalue weighted by atomic mass is 16.7. The van der Waals surface area contributed by atoms with Gasteiger partial charge in [-0.1, -0.05) is 60.7 Å². The molecule has 200 valence electrons. The van der Waals surface area contributed by atoms with Gasteiger partial charge in [0.05, 0.1) is 22.8 Å². The highest BCUT2D eigenvalue weighted by Crippen LogP contribution is 2.39. The second-order valence-corrected chi connectivity index (χ2v) is 9.46. The molecule has 0 atom stereocenters. The predicted octanol–water partition coefficient (Wildman–Crippen LogP) is 6.31. The molecule has 1 aliphatic rings. The van der Waals surface area contributed by atoms with Crippen molar-refractivity contribution in [2.75, 3.05) is 12.1 Å². The number of carbonyl (C=O) groups is 2. The SMILES string of the molecule is N#Cc1cccc(Cn2c(C(=O)O)c(NC(=O)/C=C/c3ccccc3)c3ccc(-c4ccc5c(c4)OCO5)cc32)c1. The average molecular weight is 542 g/mol. The maximum Gasteiger partial charge on any atom is 0.354 e. The van der Waals surface area contributed by atoms with Gasteiger partial charge in [-0.15, -0.1) is 0 Å². The molecule has 0 aliphatic carbocycles. The fraction of sp³-hybridized carbons (Fsp3) is 0.0606. The molecular formula is C33H23N3O5. The third-order valence-electron chi connectivity index (χ3n) is 6.84. The zero-order chi connectivity index (χ0) is 28.3. The number of aromatic nitrogens is 1. The number of ether oxygens (including phenoxy) is 2. The van der Waals surface area contributed by atoms with E-state index in [4.69, 9.17) is 9.47 Å². The molecule has 5 aromatic rings. The number of nitriles is 1. The Labute approximate surface area is 235 Å². The van der Waals surface area contributed by atoms with E-state index in [2.05, 4.69) is 11.4 Å². The molecule has 0 fully saturated rings. The summed E-state index contributed by atoms with van der Waals surface area (Å²) >= 11 is 0. The third kappa shape index (κ3) is 5.12. The number of nitrogens with one attached hydrogen (secondary N) is 1. The molecule has 8 heteroatoms. The maximum atomic E-state index is 13.0. The van der Waals surface area contributed by atoms with Crippen molar-refractivity contribution < 1.29 is 24.2 Å². The lowest BCUT2D eigenvalue weighted by atomic mass is 10.0. The Morgan fingerprint density at radius 1 is 0.927 bits per heavy atom. The Bertz CT molecular complexity index is 1880. The molecule has 0 unspecified atom stereocenters. The first-order valence-electron chi connectivity index (χ1n) is 12.8. The van der Waals surface area contributed by atoms with Crippen molar-refractivity contribution in [3.05, 3.63) is 119 Å². The van der Waals surface area contributed by atoms with Crippen LogP contribution in [0.2, 0.25) is 0 Å².